The summed E-state index contributed by atoms with van der Waals surface area (Å²) >= 11 is 0. The molecule has 0 fully saturated rings. The first kappa shape index (κ1) is 9.94. The standard InChI is InChI=1S/C4H13N3O2P/c1-7(4(5)6)3-10(8)9-2/h4H,3,5-6H2,1-2H3/q+1/p+1. The lowest BCUT2D eigenvalue weighted by molar-refractivity contribution is -0.452. The van der Waals surface area contributed by atoms with E-state index in [4.69, 9.17) is 5.73 Å². The van der Waals surface area contributed by atoms with Crippen LogP contribution in [0.3, 0.4) is 0 Å². The molecule has 0 bridgehead atoms. The minimum Gasteiger partial charge on any atom is -0.330 e. The Hall–Kier alpha value is -0.0600. The summed E-state index contributed by atoms with van der Waals surface area (Å²) < 4.78 is 15.3. The predicted octanol–water partition coefficient (Wildman–Crippen LogP) is -1.25. The van der Waals surface area contributed by atoms with Crippen LogP contribution in [0, 0.1) is 0 Å². The van der Waals surface area contributed by atoms with Crippen molar-refractivity contribution >= 4 is 8.03 Å². The molecule has 0 aliphatic heterocycles. The van der Waals surface area contributed by atoms with Gasteiger partial charge in [0.1, 0.15) is 0 Å². The van der Waals surface area contributed by atoms with Gasteiger partial charge in [-0.2, -0.15) is 4.90 Å². The molecule has 2 unspecified atom stereocenters. The van der Waals surface area contributed by atoms with Gasteiger partial charge in [0, 0.05) is 0 Å². The molecule has 0 saturated heterocycles. The average Bonchev–Trinajstić information content (AvgIpc) is 1.87. The van der Waals surface area contributed by atoms with E-state index in [1.807, 2.05) is 0 Å². The molecular formula is C4H14N3O2P+2. The lowest BCUT2D eigenvalue weighted by Crippen LogP contribution is -2.72. The number of hydrogen-bond donors (Lipinski definition) is 2. The second kappa shape index (κ2) is 4.71. The monoisotopic (exact) mass is 167 g/mol. The Kier molecular flexibility index (Phi) is 4.68. The minimum absolute atomic E-state index is 0.325. The summed E-state index contributed by atoms with van der Waals surface area (Å²) in [7, 11) is 1.55. The molecule has 0 heterocycles. The molecule has 10 heavy (non-hydrogen) atoms. The van der Waals surface area contributed by atoms with Gasteiger partial charge in [0.05, 0.1) is 7.11 Å². The molecule has 5 nitrogen and oxygen atoms in total. The van der Waals surface area contributed by atoms with Crippen molar-refractivity contribution in [2.45, 2.75) is 6.29 Å². The zero-order valence-electron chi connectivity index (χ0n) is 6.28. The maximum absolute atomic E-state index is 10.7. The van der Waals surface area contributed by atoms with E-state index in [0.717, 1.165) is 0 Å². The summed E-state index contributed by atoms with van der Waals surface area (Å²) in [4.78, 5) is 1.65. The minimum atomic E-state index is -1.59. The fourth-order valence-corrected chi connectivity index (χ4v) is 1.03. The fraction of sp³-hybridized carbons (Fsp3) is 1.00. The summed E-state index contributed by atoms with van der Waals surface area (Å²) in [6.07, 6.45) is 0.00495. The topological polar surface area (TPSA) is 83.2 Å². The molecule has 0 amide bonds. The number of rotatable bonds is 4. The van der Waals surface area contributed by atoms with Crippen LogP contribution in [0.2, 0.25) is 0 Å². The quantitative estimate of drug-likeness (QED) is 0.404. The third-order valence-corrected chi connectivity index (χ3v) is 2.19. The summed E-state index contributed by atoms with van der Waals surface area (Å²) in [5, 5.41) is 0. The fourth-order valence-electron chi connectivity index (χ4n) is 0.345. The van der Waals surface area contributed by atoms with Crippen LogP contribution in [-0.2, 0) is 9.09 Å². The van der Waals surface area contributed by atoms with E-state index in [0.29, 0.717) is 6.29 Å². The molecule has 0 spiro atoms. The van der Waals surface area contributed by atoms with Crippen LogP contribution in [0.15, 0.2) is 0 Å². The third kappa shape index (κ3) is 3.87. The molecule has 2 atom stereocenters. The maximum atomic E-state index is 10.7. The zero-order valence-corrected chi connectivity index (χ0v) is 7.17. The second-order valence-corrected chi connectivity index (χ2v) is 3.29. The van der Waals surface area contributed by atoms with Gasteiger partial charge in [0.15, 0.2) is 6.29 Å². The molecule has 60 valence electrons. The smallest absolute Gasteiger partial charge is 0.330 e. The van der Waals surface area contributed by atoms with Crippen molar-refractivity contribution in [2.75, 3.05) is 20.4 Å². The van der Waals surface area contributed by atoms with Crippen molar-refractivity contribution in [1.82, 2.24) is 4.90 Å². The Balaban J connectivity index is 3.57. The first-order chi connectivity index (χ1) is 4.57. The summed E-state index contributed by atoms with van der Waals surface area (Å²) in [5.74, 6) is 0. The van der Waals surface area contributed by atoms with E-state index in [1.165, 1.54) is 7.11 Å². The summed E-state index contributed by atoms with van der Waals surface area (Å²) in [6.45, 7) is 0. The van der Waals surface area contributed by atoms with E-state index in [2.05, 4.69) is 10.3 Å². The number of quaternary nitrogens is 1. The van der Waals surface area contributed by atoms with Crippen molar-refractivity contribution < 1.29 is 14.8 Å². The largest absolute Gasteiger partial charge is 0.524 e. The predicted molar refractivity (Wildman–Crippen MR) is 38.1 cm³/mol. The molecule has 0 aromatic heterocycles. The molecule has 0 aromatic carbocycles. The van der Waals surface area contributed by atoms with Crippen LogP contribution < -0.4 is 11.5 Å². The van der Waals surface area contributed by atoms with Gasteiger partial charge in [-0.25, -0.2) is 0 Å². The molecule has 0 aromatic rings. The Morgan fingerprint density at radius 2 is 2.40 bits per heavy atom. The lowest BCUT2D eigenvalue weighted by Gasteiger charge is -2.09. The first-order valence-electron chi connectivity index (χ1n) is 2.85. The van der Waals surface area contributed by atoms with Crippen molar-refractivity contribution in [2.24, 2.45) is 5.73 Å². The highest BCUT2D eigenvalue weighted by atomic mass is 31.1. The van der Waals surface area contributed by atoms with Gasteiger partial charge in [0.25, 0.3) is 0 Å². The van der Waals surface area contributed by atoms with Gasteiger partial charge >= 0.3 is 8.03 Å². The average molecular weight is 167 g/mol. The highest BCUT2D eigenvalue weighted by Crippen LogP contribution is 2.19. The van der Waals surface area contributed by atoms with Crippen molar-refractivity contribution in [1.29, 1.82) is 0 Å². The van der Waals surface area contributed by atoms with Crippen molar-refractivity contribution in [3.63, 3.8) is 0 Å². The van der Waals surface area contributed by atoms with Gasteiger partial charge in [-0.05, 0) is 11.6 Å². The number of hydrogen-bond acceptors (Lipinski definition) is 4. The van der Waals surface area contributed by atoms with Crippen LogP contribution in [-0.4, -0.2) is 31.6 Å². The van der Waals surface area contributed by atoms with Gasteiger partial charge in [-0.3, -0.25) is 5.73 Å². The number of nitrogens with two attached hydrogens (primary N) is 1. The molecule has 0 rings (SSSR count). The summed E-state index contributed by atoms with van der Waals surface area (Å²) in [5.41, 5.74) is 8.92. The Morgan fingerprint density at radius 3 is 2.70 bits per heavy atom. The van der Waals surface area contributed by atoms with Crippen LogP contribution in [0.25, 0.3) is 0 Å². The molecule has 5 N–H and O–H groups in total. The van der Waals surface area contributed by atoms with E-state index < -0.39 is 8.03 Å². The second-order valence-electron chi connectivity index (χ2n) is 1.98. The van der Waals surface area contributed by atoms with Gasteiger partial charge in [-0.15, -0.1) is 4.52 Å². The summed E-state index contributed by atoms with van der Waals surface area (Å²) in [6, 6.07) is 0. The maximum Gasteiger partial charge on any atom is 0.524 e. The van der Waals surface area contributed by atoms with Crippen LogP contribution in [0.1, 0.15) is 0 Å². The van der Waals surface area contributed by atoms with E-state index in [9.17, 15) is 4.57 Å². The molecular weight excluding hydrogens is 153 g/mol. The van der Waals surface area contributed by atoms with Gasteiger partial charge in [0.2, 0.25) is 6.29 Å². The van der Waals surface area contributed by atoms with Crippen molar-refractivity contribution in [3.8, 4) is 0 Å². The molecule has 0 aliphatic rings. The van der Waals surface area contributed by atoms with E-state index >= 15 is 0 Å². The van der Waals surface area contributed by atoms with E-state index in [1.54, 1.807) is 11.9 Å². The highest BCUT2D eigenvalue weighted by Gasteiger charge is 2.21. The van der Waals surface area contributed by atoms with Crippen LogP contribution >= 0.6 is 8.03 Å². The van der Waals surface area contributed by atoms with E-state index in [-0.39, 0.29) is 6.29 Å². The van der Waals surface area contributed by atoms with Crippen LogP contribution in [0.5, 0.6) is 0 Å². The Morgan fingerprint density at radius 1 is 1.90 bits per heavy atom. The van der Waals surface area contributed by atoms with Crippen LogP contribution in [0.4, 0.5) is 0 Å². The molecule has 6 heteroatoms. The van der Waals surface area contributed by atoms with Crippen molar-refractivity contribution in [3.05, 3.63) is 0 Å². The lowest BCUT2D eigenvalue weighted by atomic mass is 10.8. The SMILES string of the molecule is CO[P+](=O)CN(C)C(N)[NH3+]. The third-order valence-electron chi connectivity index (χ3n) is 1.11. The normalized spacial score (nSPS) is 15.5. The molecule has 0 saturated carbocycles. The molecule has 0 aliphatic carbocycles. The zero-order chi connectivity index (χ0) is 8.15. The van der Waals surface area contributed by atoms with Gasteiger partial charge < -0.3 is 5.73 Å². The Bertz CT molecular complexity index is 119. The van der Waals surface area contributed by atoms with Gasteiger partial charge in [-0.1, -0.05) is 0 Å². The number of nitrogens with zero attached hydrogens (tertiary/aromatic N) is 1. The first-order valence-corrected chi connectivity index (χ1v) is 4.22. The highest BCUT2D eigenvalue weighted by molar-refractivity contribution is 7.38. The Labute approximate surface area is 61.2 Å². The molecule has 0 radical (unpaired) electrons.